The number of methoxy groups -OCH3 is 1. The van der Waals surface area contributed by atoms with E-state index in [9.17, 15) is 4.79 Å². The Morgan fingerprint density at radius 1 is 1.20 bits per heavy atom. The normalized spacial score (nSPS) is 30.1. The average Bonchev–Trinajstić information content (AvgIpc) is 3.13. The Labute approximate surface area is 185 Å². The zero-order valence-corrected chi connectivity index (χ0v) is 19.0. The molecule has 1 unspecified atom stereocenters. The van der Waals surface area contributed by atoms with Gasteiger partial charge in [0.15, 0.2) is 4.34 Å². The predicted octanol–water partition coefficient (Wildman–Crippen LogP) is 4.86. The van der Waals surface area contributed by atoms with Crippen molar-refractivity contribution in [2.24, 2.45) is 17.8 Å². The molecule has 4 saturated carbocycles. The number of hydrogen-bond acceptors (Lipinski definition) is 7. The van der Waals surface area contributed by atoms with Crippen LogP contribution in [0.2, 0.25) is 0 Å². The summed E-state index contributed by atoms with van der Waals surface area (Å²) in [6, 6.07) is 7.69. The van der Waals surface area contributed by atoms with Crippen LogP contribution in [-0.4, -0.2) is 34.0 Å². The van der Waals surface area contributed by atoms with Crippen molar-refractivity contribution in [2.45, 2.75) is 60.6 Å². The number of amides is 1. The fourth-order valence-corrected chi connectivity index (χ4v) is 7.88. The fourth-order valence-electron chi connectivity index (χ4n) is 5.96. The van der Waals surface area contributed by atoms with Crippen LogP contribution < -0.4 is 15.4 Å². The third-order valence-corrected chi connectivity index (χ3v) is 8.82. The Morgan fingerprint density at radius 3 is 2.57 bits per heavy atom. The van der Waals surface area contributed by atoms with Gasteiger partial charge in [0.05, 0.1) is 12.4 Å². The Balaban J connectivity index is 1.18. The van der Waals surface area contributed by atoms with Crippen LogP contribution in [0, 0.1) is 17.8 Å². The van der Waals surface area contributed by atoms with E-state index in [1.807, 2.05) is 31.2 Å². The summed E-state index contributed by atoms with van der Waals surface area (Å²) in [7, 11) is 1.65. The van der Waals surface area contributed by atoms with Gasteiger partial charge in [-0.25, -0.2) is 0 Å². The van der Waals surface area contributed by atoms with E-state index in [1.165, 1.54) is 61.6 Å². The van der Waals surface area contributed by atoms with Gasteiger partial charge >= 0.3 is 0 Å². The van der Waals surface area contributed by atoms with Crippen LogP contribution in [0.25, 0.3) is 0 Å². The number of benzene rings is 1. The van der Waals surface area contributed by atoms with E-state index in [4.69, 9.17) is 4.74 Å². The number of ether oxygens (including phenoxy) is 1. The third kappa shape index (κ3) is 4.17. The van der Waals surface area contributed by atoms with Crippen molar-refractivity contribution in [1.29, 1.82) is 0 Å². The van der Waals surface area contributed by atoms with Crippen LogP contribution in [0.15, 0.2) is 28.6 Å². The van der Waals surface area contributed by atoms with E-state index in [1.54, 1.807) is 7.11 Å². The molecule has 4 bridgehead atoms. The van der Waals surface area contributed by atoms with Crippen LogP contribution >= 0.6 is 23.1 Å². The van der Waals surface area contributed by atoms with Gasteiger partial charge < -0.3 is 15.4 Å². The van der Waals surface area contributed by atoms with E-state index < -0.39 is 0 Å². The molecule has 4 aliphatic carbocycles. The largest absolute Gasteiger partial charge is 0.497 e. The maximum atomic E-state index is 13.0. The van der Waals surface area contributed by atoms with Crippen molar-refractivity contribution >= 4 is 39.8 Å². The Kier molecular flexibility index (Phi) is 5.39. The number of carbonyl (C=O) groups is 1. The highest BCUT2D eigenvalue weighted by Gasteiger charge is 2.51. The van der Waals surface area contributed by atoms with E-state index >= 15 is 0 Å². The highest BCUT2D eigenvalue weighted by Crippen LogP contribution is 2.55. The van der Waals surface area contributed by atoms with Crippen LogP contribution in [0.1, 0.15) is 45.4 Å². The first-order chi connectivity index (χ1) is 14.5. The van der Waals surface area contributed by atoms with E-state index in [2.05, 4.69) is 20.8 Å². The first-order valence-corrected chi connectivity index (χ1v) is 12.4. The maximum absolute atomic E-state index is 13.0. The lowest BCUT2D eigenvalue weighted by molar-refractivity contribution is -0.126. The smallest absolute Gasteiger partial charge is 0.233 e. The summed E-state index contributed by atoms with van der Waals surface area (Å²) >= 11 is 2.95. The minimum Gasteiger partial charge on any atom is -0.497 e. The van der Waals surface area contributed by atoms with Crippen molar-refractivity contribution < 1.29 is 9.53 Å². The number of aromatic nitrogens is 2. The second-order valence-electron chi connectivity index (χ2n) is 9.18. The Morgan fingerprint density at radius 2 is 1.90 bits per heavy atom. The molecule has 0 radical (unpaired) electrons. The monoisotopic (exact) mass is 444 g/mol. The van der Waals surface area contributed by atoms with Crippen LogP contribution in [0.4, 0.5) is 10.8 Å². The van der Waals surface area contributed by atoms with Crippen molar-refractivity contribution in [3.05, 3.63) is 24.3 Å². The van der Waals surface area contributed by atoms with Gasteiger partial charge in [0.2, 0.25) is 11.0 Å². The number of rotatable bonds is 7. The number of thioether (sulfide) groups is 1. The lowest BCUT2D eigenvalue weighted by Crippen LogP contribution is -2.60. The molecular formula is C22H28N4O2S2. The Hall–Kier alpha value is -1.80. The van der Waals surface area contributed by atoms with E-state index in [0.29, 0.717) is 5.13 Å². The van der Waals surface area contributed by atoms with E-state index in [0.717, 1.165) is 33.5 Å². The molecule has 6 nitrogen and oxygen atoms in total. The van der Waals surface area contributed by atoms with Gasteiger partial charge in [-0.3, -0.25) is 4.79 Å². The predicted molar refractivity (Wildman–Crippen MR) is 121 cm³/mol. The minimum atomic E-state index is -0.185. The molecule has 8 heteroatoms. The summed E-state index contributed by atoms with van der Waals surface area (Å²) < 4.78 is 6.05. The molecule has 0 aliphatic heterocycles. The molecule has 4 aliphatic rings. The lowest BCUT2D eigenvalue weighted by Gasteiger charge is -2.57. The highest BCUT2D eigenvalue weighted by molar-refractivity contribution is 8.02. The zero-order chi connectivity index (χ0) is 20.7. The van der Waals surface area contributed by atoms with Crippen molar-refractivity contribution in [3.63, 3.8) is 0 Å². The average molecular weight is 445 g/mol. The number of nitrogens with one attached hydrogen (secondary N) is 2. The minimum absolute atomic E-state index is 0.0564. The molecular weight excluding hydrogens is 416 g/mol. The second kappa shape index (κ2) is 8.04. The molecule has 1 aromatic carbocycles. The van der Waals surface area contributed by atoms with Gasteiger partial charge in [0.25, 0.3) is 0 Å². The molecule has 1 aromatic heterocycles. The van der Waals surface area contributed by atoms with Gasteiger partial charge in [-0.1, -0.05) is 29.2 Å². The molecule has 0 spiro atoms. The Bertz CT molecular complexity index is 896. The summed E-state index contributed by atoms with van der Waals surface area (Å²) in [4.78, 5) is 13.0. The van der Waals surface area contributed by atoms with Crippen molar-refractivity contribution in [2.75, 3.05) is 12.4 Å². The molecule has 30 heavy (non-hydrogen) atoms. The van der Waals surface area contributed by atoms with Crippen molar-refractivity contribution in [3.8, 4) is 5.75 Å². The second-order valence-corrected chi connectivity index (χ2v) is 11.7. The van der Waals surface area contributed by atoms with Gasteiger partial charge in [-0.2, -0.15) is 0 Å². The molecule has 4 fully saturated rings. The summed E-state index contributed by atoms with van der Waals surface area (Å²) in [6.45, 7) is 1.97. The van der Waals surface area contributed by atoms with Gasteiger partial charge in [-0.15, -0.1) is 10.2 Å². The van der Waals surface area contributed by atoms with Crippen molar-refractivity contribution in [1.82, 2.24) is 15.5 Å². The summed E-state index contributed by atoms with van der Waals surface area (Å²) in [5, 5.41) is 15.7. The van der Waals surface area contributed by atoms with Gasteiger partial charge in [0.1, 0.15) is 5.75 Å². The first kappa shape index (κ1) is 20.1. The molecule has 2 aromatic rings. The van der Waals surface area contributed by atoms with Gasteiger partial charge in [0, 0.05) is 17.3 Å². The molecule has 1 atom stereocenters. The third-order valence-electron chi connectivity index (χ3n) is 6.80. The molecule has 160 valence electrons. The molecule has 0 saturated heterocycles. The van der Waals surface area contributed by atoms with Crippen LogP contribution in [-0.2, 0) is 4.79 Å². The molecule has 6 rings (SSSR count). The number of hydrogen-bond donors (Lipinski definition) is 2. The standard InChI is InChI=1S/C22H28N4O2S2/c1-13(19(27)24-22-10-14-6-15(11-22)8-16(7-14)12-22)29-21-26-25-20(30-21)23-17-4-3-5-18(9-17)28-2/h3-5,9,13-16H,6-8,10-12H2,1-2H3,(H,23,25)(H,24,27). The summed E-state index contributed by atoms with van der Waals surface area (Å²) in [5.74, 6) is 3.40. The van der Waals surface area contributed by atoms with Crippen LogP contribution in [0.5, 0.6) is 5.75 Å². The topological polar surface area (TPSA) is 76.1 Å². The maximum Gasteiger partial charge on any atom is 0.233 e. The zero-order valence-electron chi connectivity index (χ0n) is 17.4. The number of carbonyl (C=O) groups excluding carboxylic acids is 1. The molecule has 2 N–H and O–H groups in total. The molecule has 1 heterocycles. The number of anilines is 2. The van der Waals surface area contributed by atoms with Crippen LogP contribution in [0.3, 0.4) is 0 Å². The fraction of sp³-hybridized carbons (Fsp3) is 0.591. The quantitative estimate of drug-likeness (QED) is 0.594. The SMILES string of the molecule is COc1cccc(Nc2nnc(SC(C)C(=O)NC34CC5CC(CC(C5)C3)C4)s2)c1. The number of nitrogens with zero attached hydrogens (tertiary/aromatic N) is 2. The molecule has 1 amide bonds. The summed E-state index contributed by atoms with van der Waals surface area (Å²) in [5.41, 5.74) is 0.954. The highest BCUT2D eigenvalue weighted by atomic mass is 32.2. The van der Waals surface area contributed by atoms with E-state index in [-0.39, 0.29) is 16.7 Å². The first-order valence-electron chi connectivity index (χ1n) is 10.7. The van der Waals surface area contributed by atoms with Gasteiger partial charge in [-0.05, 0) is 75.3 Å². The lowest BCUT2D eigenvalue weighted by atomic mass is 9.53. The summed E-state index contributed by atoms with van der Waals surface area (Å²) in [6.07, 6.45) is 7.68.